The van der Waals surface area contributed by atoms with Crippen LogP contribution in [0.2, 0.25) is 0 Å². The number of aliphatic hydroxyl groups is 1. The summed E-state index contributed by atoms with van der Waals surface area (Å²) in [6, 6.07) is 6.62. The van der Waals surface area contributed by atoms with Gasteiger partial charge in [-0.25, -0.2) is 4.39 Å². The summed E-state index contributed by atoms with van der Waals surface area (Å²) >= 11 is 0. The number of hydrogen-bond acceptors (Lipinski definition) is 3. The summed E-state index contributed by atoms with van der Waals surface area (Å²) in [6.45, 7) is 2.08. The van der Waals surface area contributed by atoms with Gasteiger partial charge in [-0.3, -0.25) is 4.79 Å². The van der Waals surface area contributed by atoms with E-state index in [1.54, 1.807) is 18.2 Å². The molecule has 5 heteroatoms. The van der Waals surface area contributed by atoms with Gasteiger partial charge in [-0.2, -0.15) is 0 Å². The number of carbonyl (C=O) groups excluding carboxylic acids is 1. The van der Waals surface area contributed by atoms with Gasteiger partial charge in [-0.15, -0.1) is 0 Å². The molecule has 1 saturated carbocycles. The van der Waals surface area contributed by atoms with Crippen LogP contribution < -0.4 is 5.32 Å². The number of aliphatic hydroxyl groups excluding tert-OH is 1. The fraction of sp³-hybridized carbons (Fsp3) is 0.650. The zero-order chi connectivity index (χ0) is 17.6. The van der Waals surface area contributed by atoms with Crippen LogP contribution >= 0.6 is 0 Å². The Balaban J connectivity index is 1.42. The molecule has 2 aliphatic rings. The summed E-state index contributed by atoms with van der Waals surface area (Å²) in [7, 11) is 0. The molecular formula is C20H29FN2O2. The lowest BCUT2D eigenvalue weighted by atomic mass is 9.88. The molecule has 0 radical (unpaired) electrons. The van der Waals surface area contributed by atoms with Gasteiger partial charge in [-0.05, 0) is 31.7 Å². The van der Waals surface area contributed by atoms with E-state index in [0.29, 0.717) is 12.1 Å². The maximum Gasteiger partial charge on any atom is 0.223 e. The van der Waals surface area contributed by atoms with E-state index < -0.39 is 6.10 Å². The number of piperidine rings is 1. The number of amides is 1. The molecule has 0 spiro atoms. The van der Waals surface area contributed by atoms with Crippen LogP contribution in [-0.4, -0.2) is 41.6 Å². The number of halogens is 1. The predicted molar refractivity (Wildman–Crippen MR) is 95.5 cm³/mol. The summed E-state index contributed by atoms with van der Waals surface area (Å²) in [5, 5.41) is 13.5. The van der Waals surface area contributed by atoms with Crippen LogP contribution in [0.4, 0.5) is 4.39 Å². The quantitative estimate of drug-likeness (QED) is 0.860. The highest BCUT2D eigenvalue weighted by atomic mass is 19.1. The Morgan fingerprint density at radius 1 is 1.16 bits per heavy atom. The van der Waals surface area contributed by atoms with Gasteiger partial charge in [0.05, 0.1) is 6.10 Å². The molecule has 1 unspecified atom stereocenters. The molecule has 2 N–H and O–H groups in total. The molecule has 1 aliphatic carbocycles. The summed E-state index contributed by atoms with van der Waals surface area (Å²) in [5.74, 6) is 0.0730. The lowest BCUT2D eigenvalue weighted by molar-refractivity contribution is -0.127. The Morgan fingerprint density at radius 2 is 1.84 bits per heavy atom. The number of benzene rings is 1. The largest absolute Gasteiger partial charge is 0.387 e. The third-order valence-corrected chi connectivity index (χ3v) is 5.61. The Bertz CT molecular complexity index is 567. The van der Waals surface area contributed by atoms with Gasteiger partial charge in [0.2, 0.25) is 5.91 Å². The van der Waals surface area contributed by atoms with Gasteiger partial charge in [0.15, 0.2) is 0 Å². The van der Waals surface area contributed by atoms with Crippen molar-refractivity contribution in [3.8, 4) is 0 Å². The monoisotopic (exact) mass is 348 g/mol. The Kier molecular flexibility index (Phi) is 6.43. The third-order valence-electron chi connectivity index (χ3n) is 5.61. The van der Waals surface area contributed by atoms with Gasteiger partial charge in [0.1, 0.15) is 5.82 Å². The molecule has 1 saturated heterocycles. The molecule has 1 aromatic carbocycles. The van der Waals surface area contributed by atoms with Gasteiger partial charge < -0.3 is 15.3 Å². The molecule has 0 bridgehead atoms. The molecule has 25 heavy (non-hydrogen) atoms. The van der Waals surface area contributed by atoms with Gasteiger partial charge in [0.25, 0.3) is 0 Å². The highest BCUT2D eigenvalue weighted by Gasteiger charge is 2.26. The molecule has 4 nitrogen and oxygen atoms in total. The van der Waals surface area contributed by atoms with E-state index in [2.05, 4.69) is 10.2 Å². The van der Waals surface area contributed by atoms with E-state index >= 15 is 0 Å². The molecule has 1 aromatic rings. The first-order valence-corrected chi connectivity index (χ1v) is 9.58. The summed E-state index contributed by atoms with van der Waals surface area (Å²) in [5.41, 5.74) is 0.357. The zero-order valence-electron chi connectivity index (χ0n) is 14.8. The first-order valence-electron chi connectivity index (χ1n) is 9.58. The lowest BCUT2D eigenvalue weighted by Crippen LogP contribution is -2.47. The fourth-order valence-corrected chi connectivity index (χ4v) is 4.03. The van der Waals surface area contributed by atoms with Crippen LogP contribution in [0.15, 0.2) is 24.3 Å². The molecule has 138 valence electrons. The van der Waals surface area contributed by atoms with E-state index in [-0.39, 0.29) is 23.7 Å². The maximum atomic E-state index is 13.8. The number of nitrogens with zero attached hydrogens (tertiary/aromatic N) is 1. The molecule has 1 aliphatic heterocycles. The predicted octanol–water partition coefficient (Wildman–Crippen LogP) is 3.02. The first kappa shape index (κ1) is 18.3. The van der Waals surface area contributed by atoms with Gasteiger partial charge in [0, 0.05) is 37.2 Å². The Morgan fingerprint density at radius 3 is 2.52 bits per heavy atom. The van der Waals surface area contributed by atoms with Crippen molar-refractivity contribution in [1.82, 2.24) is 10.2 Å². The SMILES string of the molecule is O=C(NC1CCN(CC(O)c2ccccc2F)CC1)C1CCCCC1. The molecule has 1 atom stereocenters. The van der Waals surface area contributed by atoms with Crippen LogP contribution in [0.1, 0.15) is 56.6 Å². The highest BCUT2D eigenvalue weighted by molar-refractivity contribution is 5.79. The zero-order valence-corrected chi connectivity index (χ0v) is 14.8. The van der Waals surface area contributed by atoms with Crippen molar-refractivity contribution in [2.24, 2.45) is 5.92 Å². The second kappa shape index (κ2) is 8.77. The number of hydrogen-bond donors (Lipinski definition) is 2. The first-order chi connectivity index (χ1) is 12.1. The van der Waals surface area contributed by atoms with Crippen LogP contribution in [0, 0.1) is 11.7 Å². The van der Waals surface area contributed by atoms with E-state index in [4.69, 9.17) is 0 Å². The van der Waals surface area contributed by atoms with E-state index in [1.807, 2.05) is 0 Å². The van der Waals surface area contributed by atoms with Crippen molar-refractivity contribution >= 4 is 5.91 Å². The second-order valence-corrected chi connectivity index (χ2v) is 7.46. The summed E-state index contributed by atoms with van der Waals surface area (Å²) in [4.78, 5) is 14.5. The van der Waals surface area contributed by atoms with Crippen molar-refractivity contribution in [3.05, 3.63) is 35.6 Å². The molecule has 3 rings (SSSR count). The topological polar surface area (TPSA) is 52.6 Å². The Hall–Kier alpha value is -1.46. The van der Waals surface area contributed by atoms with Crippen molar-refractivity contribution in [2.45, 2.75) is 57.1 Å². The molecule has 1 amide bonds. The van der Waals surface area contributed by atoms with Gasteiger partial charge >= 0.3 is 0 Å². The number of nitrogens with one attached hydrogen (secondary N) is 1. The van der Waals surface area contributed by atoms with Crippen molar-refractivity contribution in [2.75, 3.05) is 19.6 Å². The van der Waals surface area contributed by atoms with Crippen LogP contribution in [0.3, 0.4) is 0 Å². The fourth-order valence-electron chi connectivity index (χ4n) is 4.03. The number of β-amino-alcohol motifs (C(OH)–C–C–N with tert-alkyl or cyclic N) is 1. The highest BCUT2D eigenvalue weighted by Crippen LogP contribution is 2.25. The van der Waals surface area contributed by atoms with Gasteiger partial charge in [-0.1, -0.05) is 37.5 Å². The van der Waals surface area contributed by atoms with E-state index in [9.17, 15) is 14.3 Å². The molecular weight excluding hydrogens is 319 g/mol. The minimum atomic E-state index is -0.811. The lowest BCUT2D eigenvalue weighted by Gasteiger charge is -2.34. The standard InChI is InChI=1S/C20H29FN2O2/c21-18-9-5-4-8-17(18)19(24)14-23-12-10-16(11-13-23)22-20(25)15-6-2-1-3-7-15/h4-5,8-9,15-16,19,24H,1-3,6-7,10-14H2,(H,22,25). The van der Waals surface area contributed by atoms with E-state index in [0.717, 1.165) is 38.8 Å². The van der Waals surface area contributed by atoms with Crippen LogP contribution in [0.25, 0.3) is 0 Å². The Labute approximate surface area is 149 Å². The van der Waals surface area contributed by atoms with Crippen molar-refractivity contribution < 1.29 is 14.3 Å². The van der Waals surface area contributed by atoms with E-state index in [1.165, 1.54) is 25.3 Å². The van der Waals surface area contributed by atoms with Crippen molar-refractivity contribution in [3.63, 3.8) is 0 Å². The van der Waals surface area contributed by atoms with Crippen LogP contribution in [0.5, 0.6) is 0 Å². The molecule has 2 fully saturated rings. The minimum absolute atomic E-state index is 0.203. The number of likely N-dealkylation sites (tertiary alicyclic amines) is 1. The minimum Gasteiger partial charge on any atom is -0.387 e. The average molecular weight is 348 g/mol. The number of carbonyl (C=O) groups is 1. The normalized spacial score (nSPS) is 21.8. The maximum absolute atomic E-state index is 13.8. The average Bonchev–Trinajstić information content (AvgIpc) is 2.64. The summed E-state index contributed by atoms with van der Waals surface area (Å²) < 4.78 is 13.8. The third kappa shape index (κ3) is 5.02. The summed E-state index contributed by atoms with van der Waals surface area (Å²) in [6.07, 6.45) is 6.63. The second-order valence-electron chi connectivity index (χ2n) is 7.46. The molecule has 1 heterocycles. The number of rotatable bonds is 5. The smallest absolute Gasteiger partial charge is 0.223 e. The van der Waals surface area contributed by atoms with Crippen molar-refractivity contribution in [1.29, 1.82) is 0 Å². The van der Waals surface area contributed by atoms with Crippen LogP contribution in [-0.2, 0) is 4.79 Å². The molecule has 0 aromatic heterocycles.